The van der Waals surface area contributed by atoms with Crippen molar-refractivity contribution in [2.45, 2.75) is 24.9 Å². The van der Waals surface area contributed by atoms with E-state index in [1.54, 1.807) is 12.1 Å². The standard InChI is InChI=1S/C13H19N3.C12H18FN3/c1-15-8-10-6-7-16(13(10)9-15)12-4-2-11(14)3-5-12;1-15(2)10-5-6-16(8-10)12-4-3-9(14)7-11(12)13/h2-5,10,13H,6-9,14H2,1H3;3-4,7,10H,5-6,8,14H2,1-2H3/t10-,13+;/m0./s1. The fourth-order valence-corrected chi connectivity index (χ4v) is 5.32. The molecule has 6 nitrogen and oxygen atoms in total. The average molecular weight is 441 g/mol. The van der Waals surface area contributed by atoms with Crippen molar-refractivity contribution in [3.63, 3.8) is 0 Å². The molecule has 1 unspecified atom stereocenters. The van der Waals surface area contributed by atoms with Crippen LogP contribution in [-0.2, 0) is 0 Å². The minimum atomic E-state index is -0.223. The Balaban J connectivity index is 0.000000153. The van der Waals surface area contributed by atoms with Crippen LogP contribution in [0, 0.1) is 11.7 Å². The first-order chi connectivity index (χ1) is 15.3. The number of nitrogen functional groups attached to an aromatic ring is 2. The first kappa shape index (κ1) is 22.7. The summed E-state index contributed by atoms with van der Waals surface area (Å²) in [6.07, 6.45) is 2.41. The number of nitrogens with zero attached hydrogens (tertiary/aromatic N) is 4. The van der Waals surface area contributed by atoms with Crippen molar-refractivity contribution in [3.8, 4) is 0 Å². The lowest BCUT2D eigenvalue weighted by molar-refractivity contribution is 0.315. The molecule has 3 aliphatic heterocycles. The quantitative estimate of drug-likeness (QED) is 0.716. The number of likely N-dealkylation sites (tertiary alicyclic amines) is 1. The maximum Gasteiger partial charge on any atom is 0.148 e. The Labute approximate surface area is 191 Å². The second-order valence-corrected chi connectivity index (χ2v) is 9.69. The third kappa shape index (κ3) is 4.94. The van der Waals surface area contributed by atoms with Crippen LogP contribution in [0.25, 0.3) is 0 Å². The van der Waals surface area contributed by atoms with E-state index in [4.69, 9.17) is 11.5 Å². The van der Waals surface area contributed by atoms with Gasteiger partial charge in [0.05, 0.1) is 5.69 Å². The molecular weight excluding hydrogens is 403 g/mol. The van der Waals surface area contributed by atoms with Crippen molar-refractivity contribution >= 4 is 22.7 Å². The van der Waals surface area contributed by atoms with E-state index < -0.39 is 0 Å². The summed E-state index contributed by atoms with van der Waals surface area (Å²) in [6.45, 7) is 5.45. The third-order valence-corrected chi connectivity index (χ3v) is 7.16. The maximum atomic E-state index is 13.7. The van der Waals surface area contributed by atoms with Crippen LogP contribution in [0.5, 0.6) is 0 Å². The smallest absolute Gasteiger partial charge is 0.148 e. The molecule has 5 rings (SSSR count). The number of anilines is 4. The van der Waals surface area contributed by atoms with Crippen LogP contribution >= 0.6 is 0 Å². The first-order valence-corrected chi connectivity index (χ1v) is 11.6. The monoisotopic (exact) mass is 440 g/mol. The van der Waals surface area contributed by atoms with Crippen LogP contribution in [0.4, 0.5) is 27.1 Å². The zero-order chi connectivity index (χ0) is 22.8. The summed E-state index contributed by atoms with van der Waals surface area (Å²) in [6, 6.07) is 14.4. The molecule has 174 valence electrons. The highest BCUT2D eigenvalue weighted by atomic mass is 19.1. The van der Waals surface area contributed by atoms with Crippen molar-refractivity contribution in [1.82, 2.24) is 9.80 Å². The van der Waals surface area contributed by atoms with Gasteiger partial charge in [-0.3, -0.25) is 0 Å². The largest absolute Gasteiger partial charge is 0.399 e. The molecule has 3 fully saturated rings. The van der Waals surface area contributed by atoms with Gasteiger partial charge in [0.25, 0.3) is 0 Å². The van der Waals surface area contributed by atoms with Gasteiger partial charge in [-0.1, -0.05) is 0 Å². The van der Waals surface area contributed by atoms with Gasteiger partial charge in [0.15, 0.2) is 0 Å². The van der Waals surface area contributed by atoms with Gasteiger partial charge in [-0.2, -0.15) is 0 Å². The van der Waals surface area contributed by atoms with Crippen LogP contribution in [-0.4, -0.2) is 75.8 Å². The number of hydrogen-bond acceptors (Lipinski definition) is 6. The van der Waals surface area contributed by atoms with Crippen LogP contribution in [0.1, 0.15) is 12.8 Å². The third-order valence-electron chi connectivity index (χ3n) is 7.16. The SMILES string of the molecule is CN(C)C1CCN(c2ccc(N)cc2F)C1.CN1C[C@@H]2CCN(c3ccc(N)cc3)[C@@H]2C1. The maximum absolute atomic E-state index is 13.7. The summed E-state index contributed by atoms with van der Waals surface area (Å²) < 4.78 is 13.7. The van der Waals surface area contributed by atoms with Crippen molar-refractivity contribution in [3.05, 3.63) is 48.3 Å². The molecule has 0 saturated carbocycles. The molecule has 0 aromatic heterocycles. The summed E-state index contributed by atoms with van der Waals surface area (Å²) >= 11 is 0. The lowest BCUT2D eigenvalue weighted by Gasteiger charge is -2.26. The van der Waals surface area contributed by atoms with Gasteiger partial charge in [0.1, 0.15) is 5.82 Å². The number of hydrogen-bond donors (Lipinski definition) is 2. The molecule has 7 heteroatoms. The summed E-state index contributed by atoms with van der Waals surface area (Å²) in [5.74, 6) is 0.641. The van der Waals surface area contributed by atoms with Crippen LogP contribution in [0.2, 0.25) is 0 Å². The molecular formula is C25H37FN6. The molecule has 2 aromatic rings. The molecule has 0 radical (unpaired) electrons. The van der Waals surface area contributed by atoms with E-state index in [1.165, 1.54) is 37.8 Å². The normalized spacial score (nSPS) is 25.2. The number of likely N-dealkylation sites (N-methyl/N-ethyl adjacent to an activating group) is 2. The molecule has 4 N–H and O–H groups in total. The Morgan fingerprint density at radius 3 is 2.28 bits per heavy atom. The van der Waals surface area contributed by atoms with Gasteiger partial charge in [-0.05, 0) is 82.4 Å². The zero-order valence-electron chi connectivity index (χ0n) is 19.5. The van der Waals surface area contributed by atoms with Crippen LogP contribution < -0.4 is 21.3 Å². The van der Waals surface area contributed by atoms with Gasteiger partial charge in [0.2, 0.25) is 0 Å². The van der Waals surface area contributed by atoms with Gasteiger partial charge in [-0.25, -0.2) is 4.39 Å². The highest BCUT2D eigenvalue weighted by Crippen LogP contribution is 2.34. The Morgan fingerprint density at radius 1 is 0.906 bits per heavy atom. The predicted octanol–water partition coefficient (Wildman–Crippen LogP) is 2.96. The van der Waals surface area contributed by atoms with Crippen molar-refractivity contribution in [2.24, 2.45) is 5.92 Å². The van der Waals surface area contributed by atoms with Gasteiger partial charge in [0, 0.05) is 61.9 Å². The minimum absolute atomic E-state index is 0.223. The van der Waals surface area contributed by atoms with Gasteiger partial charge < -0.3 is 31.1 Å². The summed E-state index contributed by atoms with van der Waals surface area (Å²) in [5.41, 5.74) is 14.6. The first-order valence-electron chi connectivity index (χ1n) is 11.6. The number of halogens is 1. The summed E-state index contributed by atoms with van der Waals surface area (Å²) in [4.78, 5) is 9.26. The van der Waals surface area contributed by atoms with E-state index in [1.807, 2.05) is 12.1 Å². The molecule has 3 saturated heterocycles. The Kier molecular flexibility index (Phi) is 6.76. The number of rotatable bonds is 3. The summed E-state index contributed by atoms with van der Waals surface area (Å²) in [7, 11) is 6.35. The Hall–Kier alpha value is -2.51. The summed E-state index contributed by atoms with van der Waals surface area (Å²) in [5, 5.41) is 0. The number of benzene rings is 2. The molecule has 3 aliphatic rings. The number of fused-ring (bicyclic) bond motifs is 1. The second-order valence-electron chi connectivity index (χ2n) is 9.69. The van der Waals surface area contributed by atoms with Crippen molar-refractivity contribution in [1.29, 1.82) is 0 Å². The minimum Gasteiger partial charge on any atom is -0.399 e. The van der Waals surface area contributed by atoms with E-state index in [9.17, 15) is 4.39 Å². The lowest BCUT2D eigenvalue weighted by atomic mass is 10.1. The Morgan fingerprint density at radius 2 is 1.62 bits per heavy atom. The topological polar surface area (TPSA) is 65.0 Å². The molecule has 0 amide bonds. The molecule has 3 heterocycles. The average Bonchev–Trinajstić information content (AvgIpc) is 3.45. The Bertz CT molecular complexity index is 902. The van der Waals surface area contributed by atoms with Crippen LogP contribution in [0.15, 0.2) is 42.5 Å². The second kappa shape index (κ2) is 9.55. The van der Waals surface area contributed by atoms with E-state index in [-0.39, 0.29) is 5.82 Å². The van der Waals surface area contributed by atoms with E-state index >= 15 is 0 Å². The zero-order valence-corrected chi connectivity index (χ0v) is 19.5. The van der Waals surface area contributed by atoms with Crippen molar-refractivity contribution in [2.75, 3.05) is 75.1 Å². The van der Waals surface area contributed by atoms with Gasteiger partial charge >= 0.3 is 0 Å². The van der Waals surface area contributed by atoms with Crippen LogP contribution in [0.3, 0.4) is 0 Å². The van der Waals surface area contributed by atoms with Crippen molar-refractivity contribution < 1.29 is 4.39 Å². The number of nitrogens with two attached hydrogens (primary N) is 2. The van der Waals surface area contributed by atoms with E-state index in [0.29, 0.717) is 23.5 Å². The fourth-order valence-electron chi connectivity index (χ4n) is 5.32. The molecule has 2 aromatic carbocycles. The highest BCUT2D eigenvalue weighted by Gasteiger charge is 2.39. The predicted molar refractivity (Wildman–Crippen MR) is 133 cm³/mol. The molecule has 0 aliphatic carbocycles. The molecule has 3 atom stereocenters. The fraction of sp³-hybridized carbons (Fsp3) is 0.520. The van der Waals surface area contributed by atoms with E-state index in [0.717, 1.165) is 31.1 Å². The van der Waals surface area contributed by atoms with Gasteiger partial charge in [-0.15, -0.1) is 0 Å². The molecule has 0 spiro atoms. The molecule has 32 heavy (non-hydrogen) atoms. The molecule has 0 bridgehead atoms. The van der Waals surface area contributed by atoms with E-state index in [2.05, 4.69) is 52.9 Å². The highest BCUT2D eigenvalue weighted by molar-refractivity contribution is 5.56. The lowest BCUT2D eigenvalue weighted by Crippen LogP contribution is -2.34.